The first-order valence-corrected chi connectivity index (χ1v) is 10.2. The molecule has 2 heterocycles. The van der Waals surface area contributed by atoms with Gasteiger partial charge >= 0.3 is 0 Å². The van der Waals surface area contributed by atoms with Crippen LogP contribution in [0, 0.1) is 12.8 Å². The van der Waals surface area contributed by atoms with Gasteiger partial charge in [0.2, 0.25) is 5.91 Å². The highest BCUT2D eigenvalue weighted by Gasteiger charge is 2.57. The number of carbonyl (C=O) groups excluding carboxylic acids is 1. The number of amides is 1. The van der Waals surface area contributed by atoms with E-state index < -0.39 is 0 Å². The zero-order valence-corrected chi connectivity index (χ0v) is 15.9. The standard InChI is InChI=1S/C22H29NO3/c1-14-11-16(25-2)12-18-17(14)13-19-20-22(18,7-4-10-26-20)8-9-23(19)21(24)15-5-3-6-15/h11-12,15,19-20H,3-10,13H2,1-2H3/t19-,20+,22+/m1/s1. The molecule has 3 fully saturated rings. The molecular weight excluding hydrogens is 326 g/mol. The lowest BCUT2D eigenvalue weighted by Gasteiger charge is -2.59. The van der Waals surface area contributed by atoms with Gasteiger partial charge < -0.3 is 14.4 Å². The molecular formula is C22H29NO3. The summed E-state index contributed by atoms with van der Waals surface area (Å²) >= 11 is 0. The molecule has 4 aliphatic rings. The van der Waals surface area contributed by atoms with Crippen LogP contribution >= 0.6 is 0 Å². The average Bonchev–Trinajstić information content (AvgIpc) is 2.60. The van der Waals surface area contributed by atoms with Crippen LogP contribution in [-0.2, 0) is 21.4 Å². The van der Waals surface area contributed by atoms with Gasteiger partial charge in [0.05, 0.1) is 19.3 Å². The third-order valence-electron chi connectivity index (χ3n) is 7.53. The first kappa shape index (κ1) is 16.6. The van der Waals surface area contributed by atoms with E-state index in [2.05, 4.69) is 24.0 Å². The fourth-order valence-electron chi connectivity index (χ4n) is 5.92. The van der Waals surface area contributed by atoms with Gasteiger partial charge in [-0.2, -0.15) is 0 Å². The van der Waals surface area contributed by atoms with Crippen molar-refractivity contribution in [3.05, 3.63) is 28.8 Å². The summed E-state index contributed by atoms with van der Waals surface area (Å²) in [7, 11) is 1.75. The average molecular weight is 355 g/mol. The largest absolute Gasteiger partial charge is 0.497 e. The fraction of sp³-hybridized carbons (Fsp3) is 0.682. The van der Waals surface area contributed by atoms with E-state index in [1.165, 1.54) is 29.5 Å². The minimum atomic E-state index is 0.0617. The van der Waals surface area contributed by atoms with Crippen molar-refractivity contribution >= 4 is 5.91 Å². The van der Waals surface area contributed by atoms with Gasteiger partial charge in [0.25, 0.3) is 0 Å². The molecule has 5 rings (SSSR count). The van der Waals surface area contributed by atoms with Crippen molar-refractivity contribution in [1.29, 1.82) is 0 Å². The molecule has 0 radical (unpaired) electrons. The van der Waals surface area contributed by atoms with E-state index in [0.29, 0.717) is 5.91 Å². The van der Waals surface area contributed by atoms with Crippen LogP contribution in [0.15, 0.2) is 12.1 Å². The van der Waals surface area contributed by atoms with Crippen molar-refractivity contribution in [1.82, 2.24) is 4.90 Å². The Morgan fingerprint density at radius 1 is 1.27 bits per heavy atom. The maximum Gasteiger partial charge on any atom is 0.226 e. The van der Waals surface area contributed by atoms with Crippen LogP contribution in [0.3, 0.4) is 0 Å². The van der Waals surface area contributed by atoms with E-state index in [9.17, 15) is 4.79 Å². The molecule has 26 heavy (non-hydrogen) atoms. The second-order valence-corrected chi connectivity index (χ2v) is 8.70. The van der Waals surface area contributed by atoms with Gasteiger partial charge in [-0.1, -0.05) is 6.42 Å². The number of methoxy groups -OCH3 is 1. The summed E-state index contributed by atoms with van der Waals surface area (Å²) in [4.78, 5) is 15.3. The summed E-state index contributed by atoms with van der Waals surface area (Å²) in [5, 5.41) is 0. The molecule has 0 aromatic heterocycles. The highest BCUT2D eigenvalue weighted by Crippen LogP contribution is 2.53. The van der Waals surface area contributed by atoms with Crippen molar-refractivity contribution < 1.29 is 14.3 Å². The molecule has 140 valence electrons. The molecule has 1 aromatic carbocycles. The van der Waals surface area contributed by atoms with Crippen LogP contribution < -0.4 is 4.74 Å². The number of benzene rings is 1. The van der Waals surface area contributed by atoms with Crippen LogP contribution in [0.4, 0.5) is 0 Å². The van der Waals surface area contributed by atoms with E-state index >= 15 is 0 Å². The SMILES string of the molecule is COc1cc(C)c2c(c1)[C@@]13CCCO[C@H]1[C@@H](C2)N(C(=O)C1CCC1)CC3. The predicted molar refractivity (Wildman–Crippen MR) is 99.5 cm³/mol. The number of fused-ring (bicyclic) bond motifs is 1. The lowest BCUT2D eigenvalue weighted by atomic mass is 9.58. The Balaban J connectivity index is 1.59. The first-order chi connectivity index (χ1) is 12.6. The Morgan fingerprint density at radius 3 is 2.85 bits per heavy atom. The Hall–Kier alpha value is -1.55. The van der Waals surface area contributed by atoms with Crippen molar-refractivity contribution in [3.8, 4) is 5.75 Å². The number of hydrogen-bond acceptors (Lipinski definition) is 3. The lowest BCUT2D eigenvalue weighted by molar-refractivity contribution is -0.162. The molecule has 1 amide bonds. The first-order valence-electron chi connectivity index (χ1n) is 10.2. The second kappa shape index (κ2) is 5.98. The van der Waals surface area contributed by atoms with E-state index in [0.717, 1.165) is 51.0 Å². The zero-order chi connectivity index (χ0) is 17.9. The molecule has 1 aromatic rings. The minimum absolute atomic E-state index is 0.0617. The van der Waals surface area contributed by atoms with E-state index in [1.807, 2.05) is 0 Å². The van der Waals surface area contributed by atoms with Gasteiger partial charge in [-0.15, -0.1) is 0 Å². The fourth-order valence-corrected chi connectivity index (χ4v) is 5.92. The van der Waals surface area contributed by atoms with Gasteiger partial charge in [0.1, 0.15) is 5.75 Å². The zero-order valence-electron chi connectivity index (χ0n) is 15.9. The van der Waals surface area contributed by atoms with Crippen LogP contribution in [0.25, 0.3) is 0 Å². The van der Waals surface area contributed by atoms with Gasteiger partial charge in [0, 0.05) is 24.5 Å². The molecule has 4 heteroatoms. The van der Waals surface area contributed by atoms with Crippen molar-refractivity contribution in [3.63, 3.8) is 0 Å². The monoisotopic (exact) mass is 355 g/mol. The van der Waals surface area contributed by atoms with Crippen LogP contribution in [0.2, 0.25) is 0 Å². The Morgan fingerprint density at radius 2 is 2.12 bits per heavy atom. The smallest absolute Gasteiger partial charge is 0.226 e. The maximum absolute atomic E-state index is 13.1. The molecule has 2 saturated heterocycles. The molecule has 3 atom stereocenters. The normalized spacial score (nSPS) is 33.1. The van der Waals surface area contributed by atoms with Gasteiger partial charge in [0.15, 0.2) is 0 Å². The second-order valence-electron chi connectivity index (χ2n) is 8.70. The Kier molecular flexibility index (Phi) is 3.82. The third kappa shape index (κ3) is 2.20. The van der Waals surface area contributed by atoms with E-state index in [4.69, 9.17) is 9.47 Å². The predicted octanol–water partition coefficient (Wildman–Crippen LogP) is 3.38. The number of ether oxygens (including phenoxy) is 2. The van der Waals surface area contributed by atoms with Crippen molar-refractivity contribution in [2.75, 3.05) is 20.3 Å². The molecule has 0 N–H and O–H groups in total. The Labute approximate surface area is 155 Å². The van der Waals surface area contributed by atoms with E-state index in [-0.39, 0.29) is 23.5 Å². The highest BCUT2D eigenvalue weighted by molar-refractivity contribution is 5.80. The molecule has 4 nitrogen and oxygen atoms in total. The third-order valence-corrected chi connectivity index (χ3v) is 7.53. The van der Waals surface area contributed by atoms with Crippen LogP contribution in [0.5, 0.6) is 5.75 Å². The summed E-state index contributed by atoms with van der Waals surface area (Å²) in [5.74, 6) is 1.61. The molecule has 1 saturated carbocycles. The number of hydrogen-bond donors (Lipinski definition) is 0. The molecule has 0 spiro atoms. The molecule has 2 bridgehead atoms. The maximum atomic E-state index is 13.1. The highest BCUT2D eigenvalue weighted by atomic mass is 16.5. The van der Waals surface area contributed by atoms with Crippen molar-refractivity contribution in [2.45, 2.75) is 69.4 Å². The number of rotatable bonds is 2. The van der Waals surface area contributed by atoms with E-state index in [1.54, 1.807) is 7.11 Å². The summed E-state index contributed by atoms with van der Waals surface area (Å²) in [6, 6.07) is 4.61. The van der Waals surface area contributed by atoms with Gasteiger partial charge in [-0.25, -0.2) is 0 Å². The summed E-state index contributed by atoms with van der Waals surface area (Å²) in [5.41, 5.74) is 4.23. The van der Waals surface area contributed by atoms with Gasteiger partial charge in [-0.3, -0.25) is 4.79 Å². The number of carbonyl (C=O) groups is 1. The quantitative estimate of drug-likeness (QED) is 0.816. The molecule has 0 unspecified atom stereocenters. The lowest BCUT2D eigenvalue weighted by Crippen LogP contribution is -2.67. The number of aryl methyl sites for hydroxylation is 1. The number of piperidine rings is 1. The van der Waals surface area contributed by atoms with Crippen molar-refractivity contribution in [2.24, 2.45) is 5.92 Å². The molecule has 2 aliphatic heterocycles. The summed E-state index contributed by atoms with van der Waals surface area (Å²) in [6.45, 7) is 3.90. The summed E-state index contributed by atoms with van der Waals surface area (Å²) < 4.78 is 12.0. The molecule has 2 aliphatic carbocycles. The Bertz CT molecular complexity index is 741. The number of nitrogens with zero attached hydrogens (tertiary/aromatic N) is 1. The summed E-state index contributed by atoms with van der Waals surface area (Å²) in [6.07, 6.45) is 7.72. The van der Waals surface area contributed by atoms with Gasteiger partial charge in [-0.05, 0) is 74.3 Å². The minimum Gasteiger partial charge on any atom is -0.497 e. The van der Waals surface area contributed by atoms with Crippen LogP contribution in [-0.4, -0.2) is 43.2 Å². The number of likely N-dealkylation sites (tertiary alicyclic amines) is 1. The topological polar surface area (TPSA) is 38.8 Å². The van der Waals surface area contributed by atoms with Crippen LogP contribution in [0.1, 0.15) is 55.2 Å².